The van der Waals surface area contributed by atoms with Gasteiger partial charge in [-0.15, -0.1) is 0 Å². The highest BCUT2D eigenvalue weighted by atomic mass is 15.2. The molecule has 2 nitrogen and oxygen atoms in total. The van der Waals surface area contributed by atoms with E-state index in [2.05, 4.69) is 77.1 Å². The molecule has 0 amide bonds. The van der Waals surface area contributed by atoms with Crippen LogP contribution < -0.4 is 0 Å². The molecule has 0 saturated heterocycles. The van der Waals surface area contributed by atoms with Gasteiger partial charge in [-0.25, -0.2) is 4.70 Å². The second-order valence-corrected chi connectivity index (χ2v) is 10.9. The predicted octanol–water partition coefficient (Wildman–Crippen LogP) is 10.5. The first-order valence-corrected chi connectivity index (χ1v) is 14.6. The van der Waals surface area contributed by atoms with Crippen LogP contribution in [0.15, 0.2) is 48.0 Å². The van der Waals surface area contributed by atoms with Crippen molar-refractivity contribution in [1.82, 2.24) is 0 Å². The molecule has 194 valence electrons. The van der Waals surface area contributed by atoms with E-state index in [-0.39, 0.29) is 0 Å². The first-order valence-electron chi connectivity index (χ1n) is 14.6. The molecule has 0 fully saturated rings. The largest absolute Gasteiger partial charge is 0.493 e. The highest BCUT2D eigenvalue weighted by Gasteiger charge is 2.29. The smallest absolute Gasteiger partial charge is 0.210 e. The Hall–Kier alpha value is -2.48. The van der Waals surface area contributed by atoms with E-state index in [1.165, 1.54) is 89.5 Å². The standard InChI is InChI=1S/C34H48N2/c1-6-9-12-14-16-28-22-29(17-15-13-10-7-2)24-32(23-28)34-30(18-11-8-3)25-33(36(34)35)31-20-26(4)19-27(5)21-31/h19-25H,6-18H2,1-5H3. The van der Waals surface area contributed by atoms with Gasteiger partial charge in [-0.1, -0.05) is 89.0 Å². The van der Waals surface area contributed by atoms with Crippen molar-refractivity contribution in [3.63, 3.8) is 0 Å². The van der Waals surface area contributed by atoms with Gasteiger partial charge in [0.2, 0.25) is 11.4 Å². The van der Waals surface area contributed by atoms with E-state index in [1.54, 1.807) is 0 Å². The molecule has 0 atom stereocenters. The summed E-state index contributed by atoms with van der Waals surface area (Å²) in [5, 5.41) is 0. The summed E-state index contributed by atoms with van der Waals surface area (Å²) in [6.07, 6.45) is 18.0. The number of hydrogen-bond acceptors (Lipinski definition) is 0. The fourth-order valence-corrected chi connectivity index (χ4v) is 5.44. The molecule has 2 aromatic carbocycles. The van der Waals surface area contributed by atoms with Crippen LogP contribution in [0.1, 0.15) is 125 Å². The van der Waals surface area contributed by atoms with E-state index in [9.17, 15) is 5.53 Å². The van der Waals surface area contributed by atoms with Crippen LogP contribution in [0.5, 0.6) is 0 Å². The molecule has 0 aromatic heterocycles. The van der Waals surface area contributed by atoms with Crippen molar-refractivity contribution in [3.05, 3.63) is 87.0 Å². The Balaban J connectivity index is 1.97. The van der Waals surface area contributed by atoms with Gasteiger partial charge < -0.3 is 5.53 Å². The Labute approximate surface area is 221 Å². The van der Waals surface area contributed by atoms with Gasteiger partial charge in [0.05, 0.1) is 0 Å². The fraction of sp³-hybridized carbons (Fsp3) is 0.529. The molecule has 1 aliphatic rings. The molecule has 3 rings (SSSR count). The van der Waals surface area contributed by atoms with Gasteiger partial charge in [-0.05, 0) is 87.8 Å². The molecule has 1 heterocycles. The van der Waals surface area contributed by atoms with Crippen molar-refractivity contribution < 1.29 is 4.70 Å². The van der Waals surface area contributed by atoms with Gasteiger partial charge in [0.15, 0.2) is 0 Å². The van der Waals surface area contributed by atoms with E-state index >= 15 is 0 Å². The summed E-state index contributed by atoms with van der Waals surface area (Å²) in [4.78, 5) is 0. The molecular formula is C34H48N2. The van der Waals surface area contributed by atoms with Crippen molar-refractivity contribution in [2.24, 2.45) is 0 Å². The second-order valence-electron chi connectivity index (χ2n) is 10.9. The maximum absolute atomic E-state index is 11.6. The van der Waals surface area contributed by atoms with Gasteiger partial charge in [0, 0.05) is 22.8 Å². The lowest BCUT2D eigenvalue weighted by Gasteiger charge is -2.14. The van der Waals surface area contributed by atoms with E-state index < -0.39 is 0 Å². The average molecular weight is 485 g/mol. The minimum absolute atomic E-state index is 0.903. The van der Waals surface area contributed by atoms with Gasteiger partial charge >= 0.3 is 0 Å². The molecule has 0 aliphatic carbocycles. The monoisotopic (exact) mass is 484 g/mol. The second kappa shape index (κ2) is 14.3. The lowest BCUT2D eigenvalue weighted by Crippen LogP contribution is -2.04. The molecular weight excluding hydrogens is 436 g/mol. The van der Waals surface area contributed by atoms with Crippen molar-refractivity contribution in [2.45, 2.75) is 118 Å². The SMILES string of the molecule is CCCCCCc1cc(CCCCCC)cc(C2=C(CCCC)C=C(c3cc(C)cc(C)c3)[N+]2=[N-])c1. The fourth-order valence-electron chi connectivity index (χ4n) is 5.44. The molecule has 0 radical (unpaired) electrons. The molecule has 0 N–H and O–H groups in total. The van der Waals surface area contributed by atoms with E-state index in [1.807, 2.05) is 0 Å². The summed E-state index contributed by atoms with van der Waals surface area (Å²) in [5.41, 5.74) is 22.3. The number of nitrogens with zero attached hydrogens (tertiary/aromatic N) is 2. The van der Waals surface area contributed by atoms with E-state index in [0.29, 0.717) is 0 Å². The summed E-state index contributed by atoms with van der Waals surface area (Å²) in [7, 11) is 0. The highest BCUT2D eigenvalue weighted by molar-refractivity contribution is 5.79. The van der Waals surface area contributed by atoms with Gasteiger partial charge in [-0.2, -0.15) is 0 Å². The molecule has 2 heteroatoms. The van der Waals surface area contributed by atoms with Crippen LogP contribution in [0.25, 0.3) is 16.9 Å². The number of aryl methyl sites for hydroxylation is 4. The lowest BCUT2D eigenvalue weighted by molar-refractivity contribution is -0.344. The summed E-state index contributed by atoms with van der Waals surface area (Å²) < 4.78 is 1.48. The van der Waals surface area contributed by atoms with Crippen LogP contribution in [0.4, 0.5) is 0 Å². The minimum atomic E-state index is 0.903. The van der Waals surface area contributed by atoms with Gasteiger partial charge in [0.1, 0.15) is 0 Å². The summed E-state index contributed by atoms with van der Waals surface area (Å²) in [6.45, 7) is 11.1. The normalized spacial score (nSPS) is 13.6. The van der Waals surface area contributed by atoms with E-state index in [4.69, 9.17) is 0 Å². The molecule has 0 unspecified atom stereocenters. The number of unbranched alkanes of at least 4 members (excludes halogenated alkanes) is 7. The summed E-state index contributed by atoms with van der Waals surface area (Å²) >= 11 is 0. The quantitative estimate of drug-likeness (QED) is 0.177. The van der Waals surface area contributed by atoms with E-state index in [0.717, 1.165) is 49.1 Å². The van der Waals surface area contributed by atoms with Crippen molar-refractivity contribution in [1.29, 1.82) is 0 Å². The number of allylic oxidation sites excluding steroid dienone is 2. The minimum Gasteiger partial charge on any atom is -0.493 e. The number of benzene rings is 2. The van der Waals surface area contributed by atoms with Crippen molar-refractivity contribution >= 4 is 11.4 Å². The van der Waals surface area contributed by atoms with Gasteiger partial charge in [0.25, 0.3) is 0 Å². The third-order valence-electron chi connectivity index (χ3n) is 7.34. The summed E-state index contributed by atoms with van der Waals surface area (Å²) in [6, 6.07) is 13.7. The van der Waals surface area contributed by atoms with Crippen LogP contribution >= 0.6 is 0 Å². The molecule has 2 aromatic rings. The Kier molecular flexibility index (Phi) is 11.2. The van der Waals surface area contributed by atoms with Crippen LogP contribution in [0, 0.1) is 13.8 Å². The average Bonchev–Trinajstić information content (AvgIpc) is 3.18. The zero-order chi connectivity index (χ0) is 25.9. The predicted molar refractivity (Wildman–Crippen MR) is 156 cm³/mol. The van der Waals surface area contributed by atoms with Crippen LogP contribution in [-0.2, 0) is 12.8 Å². The first-order chi connectivity index (χ1) is 17.5. The van der Waals surface area contributed by atoms with Crippen LogP contribution in [0.2, 0.25) is 0 Å². The van der Waals surface area contributed by atoms with Crippen LogP contribution in [-0.4, -0.2) is 4.70 Å². The molecule has 1 aliphatic heterocycles. The zero-order valence-corrected chi connectivity index (χ0v) is 23.6. The first kappa shape index (κ1) is 28.1. The Morgan fingerprint density at radius 3 is 1.67 bits per heavy atom. The van der Waals surface area contributed by atoms with Crippen LogP contribution in [0.3, 0.4) is 0 Å². The maximum atomic E-state index is 11.6. The van der Waals surface area contributed by atoms with Crippen molar-refractivity contribution in [3.8, 4) is 0 Å². The molecule has 36 heavy (non-hydrogen) atoms. The Morgan fingerprint density at radius 1 is 0.583 bits per heavy atom. The lowest BCUT2D eigenvalue weighted by atomic mass is 9.94. The maximum Gasteiger partial charge on any atom is 0.210 e. The zero-order valence-electron chi connectivity index (χ0n) is 23.6. The highest BCUT2D eigenvalue weighted by Crippen LogP contribution is 2.38. The summed E-state index contributed by atoms with van der Waals surface area (Å²) in [5.74, 6) is 0. The third-order valence-corrected chi connectivity index (χ3v) is 7.34. The topological polar surface area (TPSA) is 25.3 Å². The van der Waals surface area contributed by atoms with Crippen molar-refractivity contribution in [2.75, 3.05) is 0 Å². The molecule has 0 spiro atoms. The molecule has 0 bridgehead atoms. The number of hydrogen-bond donors (Lipinski definition) is 0. The van der Waals surface area contributed by atoms with Gasteiger partial charge in [-0.3, -0.25) is 0 Å². The Bertz CT molecular complexity index is 1040. The third kappa shape index (κ3) is 7.76. The number of rotatable bonds is 15. The molecule has 0 saturated carbocycles. The Morgan fingerprint density at radius 2 is 1.14 bits per heavy atom.